The van der Waals surface area contributed by atoms with E-state index in [4.69, 9.17) is 4.42 Å². The van der Waals surface area contributed by atoms with Crippen LogP contribution in [0.5, 0.6) is 0 Å². The summed E-state index contributed by atoms with van der Waals surface area (Å²) in [6, 6.07) is 0.484. The Hall–Kier alpha value is -1.10. The highest BCUT2D eigenvalue weighted by molar-refractivity contribution is 5.18. The zero-order valence-corrected chi connectivity index (χ0v) is 9.46. The van der Waals surface area contributed by atoms with Crippen molar-refractivity contribution in [1.82, 2.24) is 15.1 Å². The van der Waals surface area contributed by atoms with Crippen molar-refractivity contribution >= 4 is 6.01 Å². The zero-order valence-electron chi connectivity index (χ0n) is 9.46. The van der Waals surface area contributed by atoms with Gasteiger partial charge in [-0.15, -0.1) is 5.10 Å². The van der Waals surface area contributed by atoms with Gasteiger partial charge in [0.15, 0.2) is 0 Å². The van der Waals surface area contributed by atoms with Crippen LogP contribution in [0.3, 0.4) is 0 Å². The molecule has 0 unspecified atom stereocenters. The summed E-state index contributed by atoms with van der Waals surface area (Å²) in [7, 11) is 4.08. The third kappa shape index (κ3) is 2.70. The number of hydrogen-bond donors (Lipinski definition) is 1. The predicted molar refractivity (Wildman–Crippen MR) is 55.3 cm³/mol. The summed E-state index contributed by atoms with van der Waals surface area (Å²) < 4.78 is 5.21. The topological polar surface area (TPSA) is 54.2 Å². The van der Waals surface area contributed by atoms with Crippen molar-refractivity contribution in [2.75, 3.05) is 26.0 Å². The van der Waals surface area contributed by atoms with Crippen LogP contribution in [0.2, 0.25) is 0 Å². The Labute approximate surface area is 84.5 Å². The van der Waals surface area contributed by atoms with Gasteiger partial charge >= 0.3 is 6.01 Å². The Kier molecular flexibility index (Phi) is 3.10. The fourth-order valence-corrected chi connectivity index (χ4v) is 0.818. The summed E-state index contributed by atoms with van der Waals surface area (Å²) in [4.78, 5) is 2.14. The molecular weight excluding hydrogens is 180 g/mol. The Morgan fingerprint density at radius 1 is 1.36 bits per heavy atom. The predicted octanol–water partition coefficient (Wildman–Crippen LogP) is 1.13. The molecule has 1 aromatic heterocycles. The lowest BCUT2D eigenvalue weighted by atomic mass is 10.1. The maximum atomic E-state index is 5.21. The number of nitrogens with one attached hydrogen (secondary N) is 1. The van der Waals surface area contributed by atoms with E-state index in [-0.39, 0.29) is 5.54 Å². The van der Waals surface area contributed by atoms with Crippen LogP contribution in [-0.4, -0.2) is 41.3 Å². The molecule has 0 fully saturated rings. The normalized spacial score (nSPS) is 12.1. The van der Waals surface area contributed by atoms with Crippen molar-refractivity contribution < 1.29 is 4.42 Å². The zero-order chi connectivity index (χ0) is 10.8. The summed E-state index contributed by atoms with van der Waals surface area (Å²) in [5.74, 6) is 0.579. The molecule has 0 aromatic carbocycles. The molecule has 0 amide bonds. The summed E-state index contributed by atoms with van der Waals surface area (Å²) >= 11 is 0. The first-order valence-corrected chi connectivity index (χ1v) is 4.63. The standard InChI is InChI=1S/C9H18N4O/c1-7-11-12-8(14-7)10-6-9(2,3)13(4)5/h6H2,1-5H3,(H,10,12). The maximum Gasteiger partial charge on any atom is 0.315 e. The van der Waals surface area contributed by atoms with Gasteiger partial charge in [-0.05, 0) is 27.9 Å². The molecule has 0 atom stereocenters. The van der Waals surface area contributed by atoms with E-state index in [1.54, 1.807) is 6.92 Å². The van der Waals surface area contributed by atoms with Crippen molar-refractivity contribution in [2.45, 2.75) is 26.3 Å². The highest BCUT2D eigenvalue weighted by Gasteiger charge is 2.20. The van der Waals surface area contributed by atoms with Crippen LogP contribution in [0.4, 0.5) is 6.01 Å². The molecule has 14 heavy (non-hydrogen) atoms. The van der Waals surface area contributed by atoms with Crippen molar-refractivity contribution in [1.29, 1.82) is 0 Å². The number of aromatic nitrogens is 2. The van der Waals surface area contributed by atoms with E-state index >= 15 is 0 Å². The van der Waals surface area contributed by atoms with Gasteiger partial charge in [0.2, 0.25) is 5.89 Å². The second-order valence-corrected chi connectivity index (χ2v) is 4.19. The first kappa shape index (κ1) is 11.0. The van der Waals surface area contributed by atoms with Crippen molar-refractivity contribution in [3.8, 4) is 0 Å². The molecule has 0 spiro atoms. The molecule has 80 valence electrons. The van der Waals surface area contributed by atoms with Crippen LogP contribution in [0.1, 0.15) is 19.7 Å². The van der Waals surface area contributed by atoms with E-state index in [2.05, 4.69) is 34.3 Å². The number of nitrogens with zero attached hydrogens (tertiary/aromatic N) is 3. The Bertz CT molecular complexity index is 293. The van der Waals surface area contributed by atoms with E-state index in [9.17, 15) is 0 Å². The lowest BCUT2D eigenvalue weighted by Crippen LogP contribution is -2.44. The van der Waals surface area contributed by atoms with Gasteiger partial charge in [0, 0.05) is 19.0 Å². The van der Waals surface area contributed by atoms with Crippen molar-refractivity contribution in [2.24, 2.45) is 0 Å². The second kappa shape index (κ2) is 3.96. The van der Waals surface area contributed by atoms with E-state index in [1.165, 1.54) is 0 Å². The van der Waals surface area contributed by atoms with Gasteiger partial charge in [-0.25, -0.2) is 0 Å². The molecule has 1 aromatic rings. The van der Waals surface area contributed by atoms with Gasteiger partial charge in [-0.3, -0.25) is 0 Å². The fourth-order valence-electron chi connectivity index (χ4n) is 0.818. The Balaban J connectivity index is 2.48. The number of likely N-dealkylation sites (N-methyl/N-ethyl adjacent to an activating group) is 1. The molecular formula is C9H18N4O. The third-order valence-electron chi connectivity index (χ3n) is 2.41. The van der Waals surface area contributed by atoms with Gasteiger partial charge in [0.1, 0.15) is 0 Å². The number of hydrogen-bond acceptors (Lipinski definition) is 5. The highest BCUT2D eigenvalue weighted by Crippen LogP contribution is 2.11. The van der Waals surface area contributed by atoms with Crippen LogP contribution < -0.4 is 5.32 Å². The summed E-state index contributed by atoms with van der Waals surface area (Å²) in [5.41, 5.74) is 0.0579. The summed E-state index contributed by atoms with van der Waals surface area (Å²) in [6.07, 6.45) is 0. The van der Waals surface area contributed by atoms with E-state index in [0.29, 0.717) is 11.9 Å². The Morgan fingerprint density at radius 3 is 2.43 bits per heavy atom. The molecule has 0 saturated heterocycles. The van der Waals surface area contributed by atoms with E-state index in [1.807, 2.05) is 14.1 Å². The monoisotopic (exact) mass is 198 g/mol. The molecule has 0 aliphatic rings. The Morgan fingerprint density at radius 2 is 2.00 bits per heavy atom. The molecule has 1 rings (SSSR count). The van der Waals surface area contributed by atoms with Crippen LogP contribution in [0.25, 0.3) is 0 Å². The molecule has 0 radical (unpaired) electrons. The van der Waals surface area contributed by atoms with Crippen molar-refractivity contribution in [3.05, 3.63) is 5.89 Å². The van der Waals surface area contributed by atoms with Gasteiger partial charge < -0.3 is 14.6 Å². The minimum absolute atomic E-state index is 0.0579. The summed E-state index contributed by atoms with van der Waals surface area (Å²) in [6.45, 7) is 6.82. The number of aryl methyl sites for hydroxylation is 1. The first-order chi connectivity index (χ1) is 6.42. The van der Waals surface area contributed by atoms with Gasteiger partial charge in [0.05, 0.1) is 0 Å². The molecule has 0 aliphatic carbocycles. The van der Waals surface area contributed by atoms with E-state index in [0.717, 1.165) is 6.54 Å². The average Bonchev–Trinajstić information content (AvgIpc) is 2.48. The smallest absolute Gasteiger partial charge is 0.315 e. The third-order valence-corrected chi connectivity index (χ3v) is 2.41. The van der Waals surface area contributed by atoms with Crippen LogP contribution >= 0.6 is 0 Å². The maximum absolute atomic E-state index is 5.21. The van der Waals surface area contributed by atoms with Gasteiger partial charge in [-0.1, -0.05) is 5.10 Å². The molecule has 0 aliphatic heterocycles. The minimum Gasteiger partial charge on any atom is -0.408 e. The highest BCUT2D eigenvalue weighted by atomic mass is 16.4. The average molecular weight is 198 g/mol. The molecule has 0 bridgehead atoms. The first-order valence-electron chi connectivity index (χ1n) is 4.63. The number of anilines is 1. The van der Waals surface area contributed by atoms with Crippen LogP contribution in [-0.2, 0) is 0 Å². The lowest BCUT2D eigenvalue weighted by Gasteiger charge is -2.32. The van der Waals surface area contributed by atoms with Crippen LogP contribution in [0.15, 0.2) is 4.42 Å². The molecule has 5 nitrogen and oxygen atoms in total. The van der Waals surface area contributed by atoms with Crippen molar-refractivity contribution in [3.63, 3.8) is 0 Å². The molecule has 1 heterocycles. The SMILES string of the molecule is Cc1nnc(NCC(C)(C)N(C)C)o1. The van der Waals surface area contributed by atoms with Gasteiger partial charge in [0.25, 0.3) is 0 Å². The van der Waals surface area contributed by atoms with Gasteiger partial charge in [-0.2, -0.15) is 0 Å². The number of rotatable bonds is 4. The fraction of sp³-hybridized carbons (Fsp3) is 0.778. The minimum atomic E-state index is 0.0579. The molecule has 1 N–H and O–H groups in total. The quantitative estimate of drug-likeness (QED) is 0.786. The molecule has 0 saturated carbocycles. The lowest BCUT2D eigenvalue weighted by molar-refractivity contribution is 0.209. The van der Waals surface area contributed by atoms with E-state index < -0.39 is 0 Å². The molecule has 5 heteroatoms. The summed E-state index contributed by atoms with van der Waals surface area (Å²) in [5, 5.41) is 10.7. The second-order valence-electron chi connectivity index (χ2n) is 4.19. The largest absolute Gasteiger partial charge is 0.408 e. The van der Waals surface area contributed by atoms with Crippen LogP contribution in [0, 0.1) is 6.92 Å².